The van der Waals surface area contributed by atoms with Gasteiger partial charge in [0.1, 0.15) is 0 Å². The third-order valence-corrected chi connectivity index (χ3v) is 2.82. The van der Waals surface area contributed by atoms with Crippen molar-refractivity contribution in [2.45, 2.75) is 26.3 Å². The zero-order valence-corrected chi connectivity index (χ0v) is 9.49. The summed E-state index contributed by atoms with van der Waals surface area (Å²) in [6.45, 7) is 7.16. The standard InChI is InChI=1S/C12H17N3/c1-9-6-4-5-7-10(9)15-11(13)14-8-12(15,2)3/h4-7H,8H2,1-3H3,(H2,13,14). The van der Waals surface area contributed by atoms with Crippen molar-refractivity contribution in [3.8, 4) is 0 Å². The molecule has 0 aliphatic carbocycles. The van der Waals surface area contributed by atoms with Crippen LogP contribution in [0.15, 0.2) is 29.3 Å². The van der Waals surface area contributed by atoms with Gasteiger partial charge in [-0.3, -0.25) is 4.99 Å². The molecule has 15 heavy (non-hydrogen) atoms. The molecule has 0 radical (unpaired) electrons. The molecule has 1 aliphatic rings. The van der Waals surface area contributed by atoms with E-state index < -0.39 is 0 Å². The van der Waals surface area contributed by atoms with E-state index in [1.165, 1.54) is 5.56 Å². The minimum Gasteiger partial charge on any atom is -0.369 e. The number of aryl methyl sites for hydroxylation is 1. The number of nitrogens with zero attached hydrogens (tertiary/aromatic N) is 2. The largest absolute Gasteiger partial charge is 0.369 e. The highest BCUT2D eigenvalue weighted by Crippen LogP contribution is 2.30. The zero-order chi connectivity index (χ0) is 11.1. The number of hydrogen-bond acceptors (Lipinski definition) is 3. The number of benzene rings is 1. The first-order chi connectivity index (χ1) is 7.02. The molecule has 0 unspecified atom stereocenters. The fraction of sp³-hybridized carbons (Fsp3) is 0.417. The lowest BCUT2D eigenvalue weighted by molar-refractivity contribution is 0.556. The first kappa shape index (κ1) is 10.0. The van der Waals surface area contributed by atoms with Crippen molar-refractivity contribution in [3.63, 3.8) is 0 Å². The molecule has 0 amide bonds. The molecule has 1 aliphatic heterocycles. The molecule has 2 N–H and O–H groups in total. The normalized spacial score (nSPS) is 19.1. The zero-order valence-electron chi connectivity index (χ0n) is 9.49. The van der Waals surface area contributed by atoms with E-state index in [4.69, 9.17) is 5.73 Å². The van der Waals surface area contributed by atoms with Crippen LogP contribution in [-0.2, 0) is 0 Å². The van der Waals surface area contributed by atoms with Crippen LogP contribution in [0.25, 0.3) is 0 Å². The van der Waals surface area contributed by atoms with Crippen LogP contribution in [0.5, 0.6) is 0 Å². The van der Waals surface area contributed by atoms with E-state index in [2.05, 4.69) is 42.8 Å². The van der Waals surface area contributed by atoms with Crippen molar-refractivity contribution in [3.05, 3.63) is 29.8 Å². The minimum absolute atomic E-state index is 0.0177. The van der Waals surface area contributed by atoms with Gasteiger partial charge in [0.25, 0.3) is 0 Å². The van der Waals surface area contributed by atoms with Crippen LogP contribution < -0.4 is 10.6 Å². The van der Waals surface area contributed by atoms with Crippen LogP contribution in [0.4, 0.5) is 5.69 Å². The molecule has 0 saturated carbocycles. The van der Waals surface area contributed by atoms with Gasteiger partial charge in [-0.25, -0.2) is 0 Å². The van der Waals surface area contributed by atoms with E-state index in [9.17, 15) is 0 Å². The molecule has 0 fully saturated rings. The average Bonchev–Trinajstić information content (AvgIpc) is 2.43. The lowest BCUT2D eigenvalue weighted by Crippen LogP contribution is -2.48. The van der Waals surface area contributed by atoms with Crippen LogP contribution in [0, 0.1) is 6.92 Å². The predicted molar refractivity (Wildman–Crippen MR) is 64.2 cm³/mol. The monoisotopic (exact) mass is 203 g/mol. The Kier molecular flexibility index (Phi) is 2.18. The Bertz CT molecular complexity index is 407. The van der Waals surface area contributed by atoms with Gasteiger partial charge in [0.2, 0.25) is 0 Å². The number of anilines is 1. The highest BCUT2D eigenvalue weighted by Gasteiger charge is 2.34. The molecular formula is C12H17N3. The number of para-hydroxylation sites is 1. The summed E-state index contributed by atoms with van der Waals surface area (Å²) in [5, 5.41) is 0. The Morgan fingerprint density at radius 3 is 2.53 bits per heavy atom. The van der Waals surface area contributed by atoms with E-state index >= 15 is 0 Å². The summed E-state index contributed by atoms with van der Waals surface area (Å²) in [6.07, 6.45) is 0. The number of hydrogen-bond donors (Lipinski definition) is 1. The second-order valence-electron chi connectivity index (χ2n) is 4.61. The van der Waals surface area contributed by atoms with Crippen LogP contribution in [0.2, 0.25) is 0 Å². The van der Waals surface area contributed by atoms with Crippen LogP contribution >= 0.6 is 0 Å². The maximum Gasteiger partial charge on any atom is 0.196 e. The molecule has 2 rings (SSSR count). The summed E-state index contributed by atoms with van der Waals surface area (Å²) in [5.74, 6) is 0.620. The Morgan fingerprint density at radius 2 is 2.00 bits per heavy atom. The van der Waals surface area contributed by atoms with E-state index in [0.29, 0.717) is 5.96 Å². The van der Waals surface area contributed by atoms with Crippen molar-refractivity contribution in [1.29, 1.82) is 0 Å². The molecule has 3 nitrogen and oxygen atoms in total. The van der Waals surface area contributed by atoms with E-state index in [-0.39, 0.29) is 5.54 Å². The van der Waals surface area contributed by atoms with Gasteiger partial charge in [-0.05, 0) is 32.4 Å². The summed E-state index contributed by atoms with van der Waals surface area (Å²) in [5.41, 5.74) is 8.30. The molecule has 1 aromatic rings. The van der Waals surface area contributed by atoms with Gasteiger partial charge in [-0.1, -0.05) is 18.2 Å². The molecule has 1 heterocycles. The fourth-order valence-corrected chi connectivity index (χ4v) is 1.99. The molecular weight excluding hydrogens is 186 g/mol. The highest BCUT2D eigenvalue weighted by atomic mass is 15.4. The number of guanidine groups is 1. The van der Waals surface area contributed by atoms with Gasteiger partial charge >= 0.3 is 0 Å². The van der Waals surface area contributed by atoms with Crippen molar-refractivity contribution in [2.75, 3.05) is 11.4 Å². The third-order valence-electron chi connectivity index (χ3n) is 2.82. The summed E-state index contributed by atoms with van der Waals surface area (Å²) in [7, 11) is 0. The van der Waals surface area contributed by atoms with Crippen molar-refractivity contribution >= 4 is 11.6 Å². The van der Waals surface area contributed by atoms with Crippen molar-refractivity contribution in [2.24, 2.45) is 10.7 Å². The molecule has 3 heteroatoms. The first-order valence-electron chi connectivity index (χ1n) is 5.18. The fourth-order valence-electron chi connectivity index (χ4n) is 1.99. The maximum absolute atomic E-state index is 5.93. The minimum atomic E-state index is -0.0177. The summed E-state index contributed by atoms with van der Waals surface area (Å²) in [4.78, 5) is 6.42. The lowest BCUT2D eigenvalue weighted by Gasteiger charge is -2.33. The Hall–Kier alpha value is -1.51. The average molecular weight is 203 g/mol. The van der Waals surface area contributed by atoms with E-state index in [0.717, 1.165) is 12.2 Å². The van der Waals surface area contributed by atoms with Gasteiger partial charge < -0.3 is 10.6 Å². The Balaban J connectivity index is 2.47. The van der Waals surface area contributed by atoms with Crippen LogP contribution in [0.1, 0.15) is 19.4 Å². The molecule has 0 atom stereocenters. The smallest absolute Gasteiger partial charge is 0.196 e. The van der Waals surface area contributed by atoms with Gasteiger partial charge in [-0.2, -0.15) is 0 Å². The Morgan fingerprint density at radius 1 is 1.33 bits per heavy atom. The van der Waals surface area contributed by atoms with Crippen molar-refractivity contribution < 1.29 is 0 Å². The summed E-state index contributed by atoms with van der Waals surface area (Å²) in [6, 6.07) is 8.25. The number of nitrogens with two attached hydrogens (primary N) is 1. The predicted octanol–water partition coefficient (Wildman–Crippen LogP) is 1.91. The number of aliphatic imine (C=N–C) groups is 1. The molecule has 80 valence electrons. The Labute approximate surface area is 90.6 Å². The molecule has 1 aromatic carbocycles. The van der Waals surface area contributed by atoms with E-state index in [1.807, 2.05) is 12.1 Å². The topological polar surface area (TPSA) is 41.6 Å². The summed E-state index contributed by atoms with van der Waals surface area (Å²) >= 11 is 0. The third kappa shape index (κ3) is 1.58. The summed E-state index contributed by atoms with van der Waals surface area (Å²) < 4.78 is 0. The highest BCUT2D eigenvalue weighted by molar-refractivity contribution is 5.98. The second kappa shape index (κ2) is 3.26. The quantitative estimate of drug-likeness (QED) is 0.757. The van der Waals surface area contributed by atoms with E-state index in [1.54, 1.807) is 0 Å². The molecule has 0 saturated heterocycles. The lowest BCUT2D eigenvalue weighted by atomic mass is 10.0. The van der Waals surface area contributed by atoms with Crippen molar-refractivity contribution in [1.82, 2.24) is 0 Å². The van der Waals surface area contributed by atoms with Gasteiger partial charge in [0.05, 0.1) is 12.1 Å². The van der Waals surface area contributed by atoms with Gasteiger partial charge in [-0.15, -0.1) is 0 Å². The first-order valence-corrected chi connectivity index (χ1v) is 5.18. The van der Waals surface area contributed by atoms with Gasteiger partial charge in [0, 0.05) is 5.69 Å². The molecule has 0 spiro atoms. The maximum atomic E-state index is 5.93. The molecule has 0 aromatic heterocycles. The van der Waals surface area contributed by atoms with Gasteiger partial charge in [0.15, 0.2) is 5.96 Å². The second-order valence-corrected chi connectivity index (χ2v) is 4.61. The van der Waals surface area contributed by atoms with Crippen LogP contribution in [0.3, 0.4) is 0 Å². The molecule has 0 bridgehead atoms. The SMILES string of the molecule is Cc1ccccc1N1C(N)=NCC1(C)C. The van der Waals surface area contributed by atoms with Crippen LogP contribution in [-0.4, -0.2) is 18.0 Å². The number of rotatable bonds is 1.